The highest BCUT2D eigenvalue weighted by Gasteiger charge is 2.41. The van der Waals surface area contributed by atoms with Crippen LogP contribution >= 0.6 is 11.8 Å². The van der Waals surface area contributed by atoms with Gasteiger partial charge in [0.05, 0.1) is 11.1 Å². The molecule has 4 nitrogen and oxygen atoms in total. The molecule has 1 aliphatic heterocycles. The van der Waals surface area contributed by atoms with E-state index in [0.29, 0.717) is 11.3 Å². The fourth-order valence-electron chi connectivity index (χ4n) is 3.08. The van der Waals surface area contributed by atoms with Crippen LogP contribution < -0.4 is 5.32 Å². The van der Waals surface area contributed by atoms with Crippen LogP contribution in [0.3, 0.4) is 0 Å². The second-order valence-electron chi connectivity index (χ2n) is 6.21. The third kappa shape index (κ3) is 3.60. The van der Waals surface area contributed by atoms with Gasteiger partial charge in [-0.05, 0) is 37.1 Å². The summed E-state index contributed by atoms with van der Waals surface area (Å²) in [5.74, 6) is -0.513. The molecule has 1 aliphatic rings. The van der Waals surface area contributed by atoms with Crippen molar-refractivity contribution >= 4 is 29.3 Å². The van der Waals surface area contributed by atoms with Gasteiger partial charge in [0.25, 0.3) is 5.91 Å². The van der Waals surface area contributed by atoms with E-state index >= 15 is 0 Å². The lowest BCUT2D eigenvalue weighted by atomic mass is 10.1. The molecule has 2 unspecified atom stereocenters. The molecule has 0 saturated carbocycles. The number of carbonyl (C=O) groups is 2. The van der Waals surface area contributed by atoms with E-state index in [1.54, 1.807) is 34.9 Å². The molecular formula is C20H21FN2O2S. The van der Waals surface area contributed by atoms with E-state index in [0.717, 1.165) is 12.0 Å². The Hall–Kier alpha value is -2.34. The van der Waals surface area contributed by atoms with Crippen molar-refractivity contribution in [3.05, 3.63) is 65.5 Å². The Balaban J connectivity index is 1.86. The molecule has 1 saturated heterocycles. The predicted octanol–water partition coefficient (Wildman–Crippen LogP) is 4.07. The Bertz CT molecular complexity index is 827. The van der Waals surface area contributed by atoms with Gasteiger partial charge in [0, 0.05) is 11.3 Å². The quantitative estimate of drug-likeness (QED) is 0.880. The zero-order chi connectivity index (χ0) is 18.7. The van der Waals surface area contributed by atoms with Gasteiger partial charge in [-0.1, -0.05) is 37.3 Å². The lowest BCUT2D eigenvalue weighted by Gasteiger charge is -2.29. The van der Waals surface area contributed by atoms with Crippen LogP contribution in [0.2, 0.25) is 0 Å². The van der Waals surface area contributed by atoms with Crippen molar-refractivity contribution in [2.45, 2.75) is 31.7 Å². The number of benzene rings is 2. The monoisotopic (exact) mass is 372 g/mol. The fraction of sp³-hybridized carbons (Fsp3) is 0.300. The highest BCUT2D eigenvalue weighted by molar-refractivity contribution is 8.00. The van der Waals surface area contributed by atoms with Gasteiger partial charge in [-0.2, -0.15) is 0 Å². The summed E-state index contributed by atoms with van der Waals surface area (Å²) in [6.45, 7) is 3.87. The lowest BCUT2D eigenvalue weighted by Crippen LogP contribution is -2.47. The standard InChI is InChI=1S/C20H21FN2O2S/c1-3-18-23(20(25)14-9-5-4-8-13(14)2)17(12-26-18)19(24)22-16-11-7-6-10-15(16)21/h4-11,17-18H,3,12H2,1-2H3,(H,22,24). The van der Waals surface area contributed by atoms with Crippen LogP contribution in [0.25, 0.3) is 0 Å². The molecule has 0 radical (unpaired) electrons. The minimum atomic E-state index is -0.628. The maximum absolute atomic E-state index is 13.9. The third-order valence-electron chi connectivity index (χ3n) is 4.49. The first-order valence-corrected chi connectivity index (χ1v) is 9.63. The molecule has 0 bridgehead atoms. The molecule has 0 aromatic heterocycles. The Labute approximate surface area is 156 Å². The van der Waals surface area contributed by atoms with E-state index < -0.39 is 11.9 Å². The first kappa shape index (κ1) is 18.5. The lowest BCUT2D eigenvalue weighted by molar-refractivity contribution is -0.119. The summed E-state index contributed by atoms with van der Waals surface area (Å²) < 4.78 is 13.9. The average molecular weight is 372 g/mol. The van der Waals surface area contributed by atoms with Crippen molar-refractivity contribution in [2.24, 2.45) is 0 Å². The first-order valence-electron chi connectivity index (χ1n) is 8.58. The summed E-state index contributed by atoms with van der Waals surface area (Å²) in [4.78, 5) is 27.5. The Morgan fingerprint density at radius 2 is 1.88 bits per heavy atom. The summed E-state index contributed by atoms with van der Waals surface area (Å²) in [6.07, 6.45) is 0.742. The third-order valence-corrected chi connectivity index (χ3v) is 5.94. The van der Waals surface area contributed by atoms with E-state index in [1.807, 2.05) is 32.0 Å². The smallest absolute Gasteiger partial charge is 0.255 e. The Morgan fingerprint density at radius 1 is 1.19 bits per heavy atom. The summed E-state index contributed by atoms with van der Waals surface area (Å²) in [6, 6.07) is 12.8. The van der Waals surface area contributed by atoms with Crippen LogP contribution in [0.4, 0.5) is 10.1 Å². The van der Waals surface area contributed by atoms with Gasteiger partial charge in [0.2, 0.25) is 5.91 Å². The fourth-order valence-corrected chi connectivity index (χ4v) is 4.44. The molecule has 136 valence electrons. The maximum Gasteiger partial charge on any atom is 0.255 e. The average Bonchev–Trinajstić information content (AvgIpc) is 3.07. The number of nitrogens with one attached hydrogen (secondary N) is 1. The molecule has 6 heteroatoms. The van der Waals surface area contributed by atoms with Crippen LogP contribution in [-0.2, 0) is 4.79 Å². The van der Waals surface area contributed by atoms with Gasteiger partial charge in [0.15, 0.2) is 0 Å². The summed E-state index contributed by atoms with van der Waals surface area (Å²) >= 11 is 1.58. The van der Waals surface area contributed by atoms with Gasteiger partial charge < -0.3 is 10.2 Å². The SMILES string of the molecule is CCC1SCC(C(=O)Nc2ccccc2F)N1C(=O)c1ccccc1C. The van der Waals surface area contributed by atoms with Crippen molar-refractivity contribution in [2.75, 3.05) is 11.1 Å². The first-order chi connectivity index (χ1) is 12.5. The number of para-hydroxylation sites is 1. The van der Waals surface area contributed by atoms with E-state index in [4.69, 9.17) is 0 Å². The molecule has 1 N–H and O–H groups in total. The van der Waals surface area contributed by atoms with Crippen molar-refractivity contribution in [3.8, 4) is 0 Å². The van der Waals surface area contributed by atoms with Crippen LogP contribution in [-0.4, -0.2) is 33.9 Å². The number of aryl methyl sites for hydroxylation is 1. The molecule has 2 amide bonds. The van der Waals surface area contributed by atoms with Crippen molar-refractivity contribution in [3.63, 3.8) is 0 Å². The molecule has 0 aliphatic carbocycles. The van der Waals surface area contributed by atoms with Crippen molar-refractivity contribution in [1.29, 1.82) is 0 Å². The van der Waals surface area contributed by atoms with Gasteiger partial charge in [0.1, 0.15) is 11.9 Å². The van der Waals surface area contributed by atoms with E-state index in [-0.39, 0.29) is 22.9 Å². The number of carbonyl (C=O) groups excluding carboxylic acids is 2. The number of anilines is 1. The van der Waals surface area contributed by atoms with Crippen molar-refractivity contribution < 1.29 is 14.0 Å². The number of amides is 2. The minimum absolute atomic E-state index is 0.0709. The predicted molar refractivity (Wildman–Crippen MR) is 103 cm³/mol. The largest absolute Gasteiger partial charge is 0.322 e. The second kappa shape index (κ2) is 7.91. The molecule has 2 aromatic rings. The molecule has 1 fully saturated rings. The van der Waals surface area contributed by atoms with Gasteiger partial charge in [-0.25, -0.2) is 4.39 Å². The molecular weight excluding hydrogens is 351 g/mol. The van der Waals surface area contributed by atoms with E-state index in [2.05, 4.69) is 5.32 Å². The van der Waals surface area contributed by atoms with Crippen LogP contribution in [0.5, 0.6) is 0 Å². The number of hydrogen-bond acceptors (Lipinski definition) is 3. The molecule has 2 aromatic carbocycles. The Kier molecular flexibility index (Phi) is 5.61. The molecule has 1 heterocycles. The summed E-state index contributed by atoms with van der Waals surface area (Å²) in [7, 11) is 0. The van der Waals surface area contributed by atoms with Gasteiger partial charge in [-0.3, -0.25) is 9.59 Å². The highest BCUT2D eigenvalue weighted by atomic mass is 32.2. The zero-order valence-electron chi connectivity index (χ0n) is 14.7. The summed E-state index contributed by atoms with van der Waals surface area (Å²) in [5.41, 5.74) is 1.60. The number of nitrogens with zero attached hydrogens (tertiary/aromatic N) is 1. The molecule has 26 heavy (non-hydrogen) atoms. The minimum Gasteiger partial charge on any atom is -0.322 e. The Morgan fingerprint density at radius 3 is 2.58 bits per heavy atom. The van der Waals surface area contributed by atoms with Gasteiger partial charge >= 0.3 is 0 Å². The normalized spacial score (nSPS) is 19.4. The summed E-state index contributed by atoms with van der Waals surface area (Å²) in [5, 5.41) is 2.56. The van der Waals surface area contributed by atoms with Gasteiger partial charge in [-0.15, -0.1) is 11.8 Å². The van der Waals surface area contributed by atoms with Crippen LogP contribution in [0, 0.1) is 12.7 Å². The topological polar surface area (TPSA) is 49.4 Å². The van der Waals surface area contributed by atoms with E-state index in [1.165, 1.54) is 12.1 Å². The second-order valence-corrected chi connectivity index (χ2v) is 7.42. The maximum atomic E-state index is 13.9. The molecule has 0 spiro atoms. The van der Waals surface area contributed by atoms with Crippen LogP contribution in [0.1, 0.15) is 29.3 Å². The number of hydrogen-bond donors (Lipinski definition) is 1. The number of rotatable bonds is 4. The molecule has 2 atom stereocenters. The van der Waals surface area contributed by atoms with E-state index in [9.17, 15) is 14.0 Å². The van der Waals surface area contributed by atoms with Crippen LogP contribution in [0.15, 0.2) is 48.5 Å². The van der Waals surface area contributed by atoms with Crippen molar-refractivity contribution in [1.82, 2.24) is 4.90 Å². The highest BCUT2D eigenvalue weighted by Crippen LogP contribution is 2.33. The molecule has 3 rings (SSSR count). The number of thioether (sulfide) groups is 1. The number of halogens is 1. The zero-order valence-corrected chi connectivity index (χ0v) is 15.6.